The van der Waals surface area contributed by atoms with Crippen molar-refractivity contribution >= 4 is 34.4 Å². The lowest BCUT2D eigenvalue weighted by molar-refractivity contribution is -0.121. The summed E-state index contributed by atoms with van der Waals surface area (Å²) in [6.07, 6.45) is 0.00272. The summed E-state index contributed by atoms with van der Waals surface area (Å²) in [5, 5.41) is 7.35. The number of carbonyl (C=O) groups is 4. The molecule has 3 aromatic carbocycles. The van der Waals surface area contributed by atoms with E-state index in [2.05, 4.69) is 10.6 Å². The van der Waals surface area contributed by atoms with E-state index in [0.717, 1.165) is 15.7 Å². The van der Waals surface area contributed by atoms with Crippen molar-refractivity contribution in [2.75, 3.05) is 19.6 Å². The van der Waals surface area contributed by atoms with Gasteiger partial charge in [0.15, 0.2) is 0 Å². The minimum atomic E-state index is -0.379. The van der Waals surface area contributed by atoms with Gasteiger partial charge in [0.25, 0.3) is 17.7 Å². The van der Waals surface area contributed by atoms with Crippen LogP contribution in [0.4, 0.5) is 0 Å². The molecule has 7 nitrogen and oxygen atoms in total. The van der Waals surface area contributed by atoms with E-state index in [0.29, 0.717) is 16.7 Å². The summed E-state index contributed by atoms with van der Waals surface area (Å²) in [5.41, 5.74) is 1.31. The first-order chi connectivity index (χ1) is 15.1. The molecule has 1 aliphatic heterocycles. The fraction of sp³-hybridized carbons (Fsp3) is 0.167. The molecule has 0 saturated heterocycles. The summed E-state index contributed by atoms with van der Waals surface area (Å²) in [4.78, 5) is 50.3. The molecule has 0 saturated carbocycles. The molecule has 1 aliphatic rings. The quantitative estimate of drug-likeness (QED) is 0.457. The van der Waals surface area contributed by atoms with Crippen LogP contribution in [0.1, 0.15) is 37.5 Å². The molecule has 2 N–H and O–H groups in total. The van der Waals surface area contributed by atoms with Crippen LogP contribution in [-0.2, 0) is 4.79 Å². The molecular weight excluding hydrogens is 394 g/mol. The molecule has 0 unspecified atom stereocenters. The maximum atomic E-state index is 12.5. The van der Waals surface area contributed by atoms with Crippen molar-refractivity contribution in [3.05, 3.63) is 83.4 Å². The van der Waals surface area contributed by atoms with Crippen LogP contribution >= 0.6 is 0 Å². The molecule has 0 aliphatic carbocycles. The minimum absolute atomic E-state index is 0.00272. The fourth-order valence-electron chi connectivity index (χ4n) is 3.64. The zero-order valence-electron chi connectivity index (χ0n) is 16.8. The number of nitrogens with zero attached hydrogens (tertiary/aromatic N) is 1. The number of hydrogen-bond acceptors (Lipinski definition) is 4. The van der Waals surface area contributed by atoms with Gasteiger partial charge < -0.3 is 10.6 Å². The second-order valence-corrected chi connectivity index (χ2v) is 7.19. The highest BCUT2D eigenvalue weighted by Crippen LogP contribution is 2.22. The third-order valence-electron chi connectivity index (χ3n) is 5.21. The van der Waals surface area contributed by atoms with Crippen molar-refractivity contribution in [3.8, 4) is 0 Å². The summed E-state index contributed by atoms with van der Waals surface area (Å²) in [6.45, 7) is 0.527. The molecule has 4 rings (SSSR count). The van der Waals surface area contributed by atoms with Gasteiger partial charge >= 0.3 is 0 Å². The van der Waals surface area contributed by atoms with Gasteiger partial charge in [-0.3, -0.25) is 24.1 Å². The second kappa shape index (κ2) is 8.79. The summed E-state index contributed by atoms with van der Waals surface area (Å²) >= 11 is 0. The topological polar surface area (TPSA) is 95.6 Å². The predicted octanol–water partition coefficient (Wildman–Crippen LogP) is 2.37. The lowest BCUT2D eigenvalue weighted by atomic mass is 10.0. The maximum absolute atomic E-state index is 12.5. The Labute approximate surface area is 179 Å². The van der Waals surface area contributed by atoms with Crippen molar-refractivity contribution in [1.82, 2.24) is 15.5 Å². The SMILES string of the molecule is O=C(CCN1C(=O)c2ccccc2C1=O)NCCNC(=O)c1cccc2ccccc12. The Morgan fingerprint density at radius 1 is 0.742 bits per heavy atom. The summed E-state index contributed by atoms with van der Waals surface area (Å²) in [7, 11) is 0. The van der Waals surface area contributed by atoms with Crippen LogP contribution in [0, 0.1) is 0 Å². The zero-order valence-corrected chi connectivity index (χ0v) is 16.8. The van der Waals surface area contributed by atoms with Gasteiger partial charge in [0, 0.05) is 31.6 Å². The van der Waals surface area contributed by atoms with Crippen molar-refractivity contribution in [3.63, 3.8) is 0 Å². The van der Waals surface area contributed by atoms with E-state index in [1.54, 1.807) is 30.3 Å². The fourth-order valence-corrected chi connectivity index (χ4v) is 3.64. The molecule has 0 fully saturated rings. The van der Waals surface area contributed by atoms with Crippen LogP contribution < -0.4 is 10.6 Å². The number of benzene rings is 3. The molecule has 7 heteroatoms. The van der Waals surface area contributed by atoms with Gasteiger partial charge in [-0.25, -0.2) is 0 Å². The molecule has 0 radical (unpaired) electrons. The molecule has 156 valence electrons. The highest BCUT2D eigenvalue weighted by molar-refractivity contribution is 6.21. The predicted molar refractivity (Wildman–Crippen MR) is 116 cm³/mol. The van der Waals surface area contributed by atoms with Gasteiger partial charge in [-0.2, -0.15) is 0 Å². The van der Waals surface area contributed by atoms with E-state index in [-0.39, 0.29) is 49.7 Å². The number of carbonyl (C=O) groups excluding carboxylic acids is 4. The standard InChI is InChI=1S/C24H21N3O4/c28-21(12-15-27-23(30)19-9-3-4-10-20(19)24(27)31)25-13-14-26-22(29)18-11-5-7-16-6-1-2-8-17(16)18/h1-11H,12-15H2,(H,25,28)(H,26,29). The number of fused-ring (bicyclic) bond motifs is 2. The largest absolute Gasteiger partial charge is 0.354 e. The van der Waals surface area contributed by atoms with Gasteiger partial charge in [-0.15, -0.1) is 0 Å². The summed E-state index contributed by atoms with van der Waals surface area (Å²) in [5.74, 6) is -1.26. The highest BCUT2D eigenvalue weighted by atomic mass is 16.2. The van der Waals surface area contributed by atoms with Gasteiger partial charge in [0.1, 0.15) is 0 Å². The van der Waals surface area contributed by atoms with E-state index >= 15 is 0 Å². The van der Waals surface area contributed by atoms with Gasteiger partial charge in [0.05, 0.1) is 11.1 Å². The Morgan fingerprint density at radius 2 is 1.35 bits per heavy atom. The Hall–Kier alpha value is -4.00. The van der Waals surface area contributed by atoms with Crippen LogP contribution in [0.2, 0.25) is 0 Å². The van der Waals surface area contributed by atoms with E-state index < -0.39 is 0 Å². The smallest absolute Gasteiger partial charge is 0.261 e. The van der Waals surface area contributed by atoms with Gasteiger partial charge in [0.2, 0.25) is 5.91 Å². The number of rotatable bonds is 7. The zero-order chi connectivity index (χ0) is 21.8. The number of nitrogens with one attached hydrogen (secondary N) is 2. The molecule has 31 heavy (non-hydrogen) atoms. The molecule has 0 spiro atoms. The lowest BCUT2D eigenvalue weighted by Gasteiger charge is -2.13. The van der Waals surface area contributed by atoms with Crippen LogP contribution in [-0.4, -0.2) is 48.2 Å². The van der Waals surface area contributed by atoms with Crippen molar-refractivity contribution in [2.45, 2.75) is 6.42 Å². The van der Waals surface area contributed by atoms with Crippen molar-refractivity contribution < 1.29 is 19.2 Å². The van der Waals surface area contributed by atoms with Gasteiger partial charge in [-0.05, 0) is 29.0 Å². The second-order valence-electron chi connectivity index (χ2n) is 7.19. The monoisotopic (exact) mass is 415 g/mol. The number of hydrogen-bond donors (Lipinski definition) is 2. The maximum Gasteiger partial charge on any atom is 0.261 e. The number of amides is 4. The molecule has 0 bridgehead atoms. The highest BCUT2D eigenvalue weighted by Gasteiger charge is 2.34. The van der Waals surface area contributed by atoms with E-state index in [1.807, 2.05) is 36.4 Å². The van der Waals surface area contributed by atoms with E-state index in [9.17, 15) is 19.2 Å². The van der Waals surface area contributed by atoms with Crippen molar-refractivity contribution in [2.24, 2.45) is 0 Å². The third-order valence-corrected chi connectivity index (χ3v) is 5.21. The Kier molecular flexibility index (Phi) is 5.75. The average molecular weight is 415 g/mol. The average Bonchev–Trinajstić information content (AvgIpc) is 3.04. The van der Waals surface area contributed by atoms with Crippen LogP contribution in [0.25, 0.3) is 10.8 Å². The Balaban J connectivity index is 1.23. The van der Waals surface area contributed by atoms with Crippen LogP contribution in [0.3, 0.4) is 0 Å². The Morgan fingerprint density at radius 3 is 2.10 bits per heavy atom. The molecule has 3 aromatic rings. The third kappa shape index (κ3) is 4.16. The lowest BCUT2D eigenvalue weighted by Crippen LogP contribution is -2.37. The molecule has 4 amide bonds. The Bertz CT molecular complexity index is 1150. The normalized spacial score (nSPS) is 12.7. The first-order valence-electron chi connectivity index (χ1n) is 10.0. The van der Waals surface area contributed by atoms with E-state index in [1.165, 1.54) is 0 Å². The number of imide groups is 1. The van der Waals surface area contributed by atoms with E-state index in [4.69, 9.17) is 0 Å². The first kappa shape index (κ1) is 20.3. The molecule has 0 aromatic heterocycles. The summed E-state index contributed by atoms with van der Waals surface area (Å²) < 4.78 is 0. The summed E-state index contributed by atoms with van der Waals surface area (Å²) in [6, 6.07) is 19.8. The van der Waals surface area contributed by atoms with Crippen LogP contribution in [0.15, 0.2) is 66.7 Å². The van der Waals surface area contributed by atoms with Gasteiger partial charge in [-0.1, -0.05) is 48.5 Å². The first-order valence-corrected chi connectivity index (χ1v) is 10.0. The van der Waals surface area contributed by atoms with Crippen molar-refractivity contribution in [1.29, 1.82) is 0 Å². The minimum Gasteiger partial charge on any atom is -0.354 e. The van der Waals surface area contributed by atoms with Crippen LogP contribution in [0.5, 0.6) is 0 Å². The molecule has 0 atom stereocenters. The molecule has 1 heterocycles. The molecular formula is C24H21N3O4.